The first kappa shape index (κ1) is 22.1. The van der Waals surface area contributed by atoms with Gasteiger partial charge in [-0.25, -0.2) is 9.38 Å². The minimum atomic E-state index is -2.01. The molecule has 2 aliphatic heterocycles. The molecule has 158 valence electrons. The fraction of sp³-hybridized carbons (Fsp3) is 0.625. The first-order chi connectivity index (χ1) is 13.6. The standard InChI is InChI=1S/C24H34FNO2Si/c1-16(2)29(17(3)4,18(5)6)13-12-24(20-10-8-9-11-22(20)25)21-14-27-15-23(21)28-19(7)26-24/h8-11,16-18,21,23H,14-15H2,1-7H3/t21-,23+,24+/m0/s1. The molecule has 1 saturated heterocycles. The van der Waals surface area contributed by atoms with E-state index >= 15 is 4.39 Å². The molecule has 0 N–H and O–H groups in total. The Morgan fingerprint density at radius 2 is 1.69 bits per heavy atom. The van der Waals surface area contributed by atoms with Crippen molar-refractivity contribution in [3.8, 4) is 11.5 Å². The Labute approximate surface area is 176 Å². The van der Waals surface area contributed by atoms with Gasteiger partial charge in [0.1, 0.15) is 20.0 Å². The molecule has 3 atom stereocenters. The molecule has 0 spiro atoms. The van der Waals surface area contributed by atoms with E-state index in [0.717, 1.165) is 0 Å². The molecule has 0 unspecified atom stereocenters. The van der Waals surface area contributed by atoms with Crippen LogP contribution in [0.2, 0.25) is 16.6 Å². The fourth-order valence-corrected chi connectivity index (χ4v) is 10.7. The summed E-state index contributed by atoms with van der Waals surface area (Å²) in [6.45, 7) is 16.5. The third-order valence-corrected chi connectivity index (χ3v) is 13.1. The molecule has 5 heteroatoms. The third kappa shape index (κ3) is 3.66. The molecule has 0 radical (unpaired) electrons. The maximum atomic E-state index is 15.1. The predicted octanol–water partition coefficient (Wildman–Crippen LogP) is 5.71. The lowest BCUT2D eigenvalue weighted by Gasteiger charge is -2.41. The van der Waals surface area contributed by atoms with E-state index in [2.05, 4.69) is 53.0 Å². The van der Waals surface area contributed by atoms with Gasteiger partial charge in [0.2, 0.25) is 0 Å². The highest BCUT2D eigenvalue weighted by Gasteiger charge is 2.52. The lowest BCUT2D eigenvalue weighted by Crippen LogP contribution is -2.48. The average Bonchev–Trinajstić information content (AvgIpc) is 3.10. The Balaban J connectivity index is 2.28. The Morgan fingerprint density at radius 3 is 2.28 bits per heavy atom. The van der Waals surface area contributed by atoms with Crippen LogP contribution in [0.5, 0.6) is 0 Å². The minimum Gasteiger partial charge on any atom is -0.475 e. The van der Waals surface area contributed by atoms with Crippen LogP contribution in [0.3, 0.4) is 0 Å². The van der Waals surface area contributed by atoms with Crippen LogP contribution >= 0.6 is 0 Å². The SMILES string of the molecule is CC1=N[C@](C#C[Si](C(C)C)(C(C)C)C(C)C)(c2ccccc2F)[C@H]2COC[C@H]2O1. The minimum absolute atomic E-state index is 0.117. The molecule has 1 aromatic carbocycles. The number of nitrogens with zero attached hydrogens (tertiary/aromatic N) is 1. The number of rotatable bonds is 4. The lowest BCUT2D eigenvalue weighted by molar-refractivity contribution is 0.0954. The van der Waals surface area contributed by atoms with E-state index in [0.29, 0.717) is 41.3 Å². The molecule has 1 fully saturated rings. The highest BCUT2D eigenvalue weighted by atomic mass is 28.3. The summed E-state index contributed by atoms with van der Waals surface area (Å²) in [6.07, 6.45) is -0.144. The number of halogens is 1. The van der Waals surface area contributed by atoms with Gasteiger partial charge in [-0.15, -0.1) is 5.54 Å². The van der Waals surface area contributed by atoms with Crippen LogP contribution in [0.1, 0.15) is 54.0 Å². The van der Waals surface area contributed by atoms with Gasteiger partial charge in [-0.1, -0.05) is 65.7 Å². The monoisotopic (exact) mass is 415 g/mol. The summed E-state index contributed by atoms with van der Waals surface area (Å²) in [5, 5.41) is 0. The fourth-order valence-electron chi connectivity index (χ4n) is 5.47. The zero-order valence-corrected chi connectivity index (χ0v) is 19.8. The van der Waals surface area contributed by atoms with Crippen LogP contribution in [0, 0.1) is 23.2 Å². The van der Waals surface area contributed by atoms with E-state index < -0.39 is 13.6 Å². The molecule has 29 heavy (non-hydrogen) atoms. The average molecular weight is 416 g/mol. The molecule has 0 amide bonds. The van der Waals surface area contributed by atoms with E-state index in [1.54, 1.807) is 6.07 Å². The van der Waals surface area contributed by atoms with Crippen molar-refractivity contribution in [2.24, 2.45) is 10.9 Å². The highest BCUT2D eigenvalue weighted by Crippen LogP contribution is 2.45. The number of aliphatic imine (C=N–C) groups is 1. The van der Waals surface area contributed by atoms with Gasteiger partial charge in [-0.2, -0.15) is 0 Å². The summed E-state index contributed by atoms with van der Waals surface area (Å²) in [6, 6.07) is 6.91. The van der Waals surface area contributed by atoms with Gasteiger partial charge in [0.25, 0.3) is 0 Å². The van der Waals surface area contributed by atoms with E-state index in [-0.39, 0.29) is 17.8 Å². The second kappa shape index (κ2) is 8.24. The van der Waals surface area contributed by atoms with E-state index in [4.69, 9.17) is 14.5 Å². The Bertz CT molecular complexity index is 817. The van der Waals surface area contributed by atoms with Gasteiger partial charge >= 0.3 is 0 Å². The van der Waals surface area contributed by atoms with Crippen molar-refractivity contribution in [2.45, 2.75) is 76.7 Å². The predicted molar refractivity (Wildman–Crippen MR) is 119 cm³/mol. The summed E-state index contributed by atoms with van der Waals surface area (Å²) >= 11 is 0. The second-order valence-electron chi connectivity index (χ2n) is 9.32. The molecule has 0 bridgehead atoms. The zero-order valence-electron chi connectivity index (χ0n) is 18.8. The number of hydrogen-bond donors (Lipinski definition) is 0. The molecule has 0 aromatic heterocycles. The van der Waals surface area contributed by atoms with Gasteiger partial charge in [0.05, 0.1) is 19.1 Å². The molecular weight excluding hydrogens is 381 g/mol. The number of ether oxygens (including phenoxy) is 2. The molecular formula is C24H34FNO2Si. The maximum absolute atomic E-state index is 15.1. The van der Waals surface area contributed by atoms with Gasteiger partial charge in [0.15, 0.2) is 11.4 Å². The smallest absolute Gasteiger partial charge is 0.182 e. The lowest BCUT2D eigenvalue weighted by atomic mass is 9.76. The second-order valence-corrected chi connectivity index (χ2v) is 14.9. The first-order valence-electron chi connectivity index (χ1n) is 10.7. The molecule has 2 aliphatic rings. The van der Waals surface area contributed by atoms with Crippen LogP contribution in [-0.4, -0.2) is 33.3 Å². The van der Waals surface area contributed by atoms with Crippen molar-refractivity contribution in [3.63, 3.8) is 0 Å². The summed E-state index contributed by atoms with van der Waals surface area (Å²) in [7, 11) is -2.01. The highest BCUT2D eigenvalue weighted by molar-refractivity contribution is 6.90. The van der Waals surface area contributed by atoms with Gasteiger partial charge < -0.3 is 9.47 Å². The molecule has 0 aliphatic carbocycles. The Morgan fingerprint density at radius 1 is 1.07 bits per heavy atom. The van der Waals surface area contributed by atoms with Crippen molar-refractivity contribution in [1.82, 2.24) is 0 Å². The number of fused-ring (bicyclic) bond motifs is 1. The van der Waals surface area contributed by atoms with Crippen LogP contribution < -0.4 is 0 Å². The van der Waals surface area contributed by atoms with Crippen LogP contribution in [0.25, 0.3) is 0 Å². The first-order valence-corrected chi connectivity index (χ1v) is 13.0. The van der Waals surface area contributed by atoms with Crippen molar-refractivity contribution in [3.05, 3.63) is 35.6 Å². The van der Waals surface area contributed by atoms with E-state index in [1.807, 2.05) is 19.1 Å². The van der Waals surface area contributed by atoms with Crippen molar-refractivity contribution in [1.29, 1.82) is 0 Å². The summed E-state index contributed by atoms with van der Waals surface area (Å²) in [5.74, 6) is 3.78. The summed E-state index contributed by atoms with van der Waals surface area (Å²) < 4.78 is 26.8. The van der Waals surface area contributed by atoms with Crippen molar-refractivity contribution in [2.75, 3.05) is 13.2 Å². The van der Waals surface area contributed by atoms with Crippen LogP contribution in [0.4, 0.5) is 4.39 Å². The molecule has 2 heterocycles. The van der Waals surface area contributed by atoms with E-state index in [1.165, 1.54) is 6.07 Å². The van der Waals surface area contributed by atoms with E-state index in [9.17, 15) is 0 Å². The van der Waals surface area contributed by atoms with Gasteiger partial charge in [0, 0.05) is 12.5 Å². The van der Waals surface area contributed by atoms with Crippen molar-refractivity contribution >= 4 is 14.0 Å². The van der Waals surface area contributed by atoms with Crippen LogP contribution in [-0.2, 0) is 15.0 Å². The topological polar surface area (TPSA) is 30.8 Å². The normalized spacial score (nSPS) is 26.8. The molecule has 1 aromatic rings. The molecule has 0 saturated carbocycles. The Hall–Kier alpha value is -1.64. The number of hydrogen-bond acceptors (Lipinski definition) is 3. The van der Waals surface area contributed by atoms with Crippen LogP contribution in [0.15, 0.2) is 29.3 Å². The van der Waals surface area contributed by atoms with Crippen molar-refractivity contribution < 1.29 is 13.9 Å². The summed E-state index contributed by atoms with van der Waals surface area (Å²) in [5.41, 5.74) is 4.86. The third-order valence-electron chi connectivity index (χ3n) is 6.84. The van der Waals surface area contributed by atoms with Gasteiger partial charge in [-0.05, 0) is 22.7 Å². The summed E-state index contributed by atoms with van der Waals surface area (Å²) in [4.78, 5) is 4.89. The number of benzene rings is 1. The Kier molecular flexibility index (Phi) is 6.26. The maximum Gasteiger partial charge on any atom is 0.182 e. The quantitative estimate of drug-likeness (QED) is 0.466. The zero-order chi connectivity index (χ0) is 21.4. The van der Waals surface area contributed by atoms with Gasteiger partial charge in [-0.3, -0.25) is 0 Å². The molecule has 3 rings (SSSR count). The largest absolute Gasteiger partial charge is 0.475 e. The molecule has 3 nitrogen and oxygen atoms in total.